The van der Waals surface area contributed by atoms with Crippen LogP contribution in [0.3, 0.4) is 0 Å². The molecule has 1 saturated heterocycles. The molecular weight excluding hydrogens is 174 g/mol. The van der Waals surface area contributed by atoms with Crippen LogP contribution in [0.25, 0.3) is 0 Å². The highest BCUT2D eigenvalue weighted by molar-refractivity contribution is 7.08. The number of ketones is 1. The molecule has 1 aromatic heterocycles. The number of thiophene rings is 1. The van der Waals surface area contributed by atoms with Gasteiger partial charge in [0.25, 0.3) is 0 Å². The van der Waals surface area contributed by atoms with E-state index >= 15 is 0 Å². The van der Waals surface area contributed by atoms with Crippen LogP contribution in [0.1, 0.15) is 10.4 Å². The largest absolute Gasteiger partial charge is 0.354 e. The molecule has 0 aliphatic carbocycles. The van der Waals surface area contributed by atoms with E-state index in [0.717, 1.165) is 12.1 Å². The molecule has 0 radical (unpaired) electrons. The second-order valence-electron chi connectivity index (χ2n) is 2.58. The fraction of sp³-hybridized carbons (Fsp3) is 0.375. The molecule has 1 N–H and O–H groups in total. The normalized spacial score (nSPS) is 22.8. The molecule has 1 atom stereocenters. The van der Waals surface area contributed by atoms with Crippen LogP contribution in [0.4, 0.5) is 0 Å². The lowest BCUT2D eigenvalue weighted by Gasteiger charge is -2.05. The molecule has 0 saturated carbocycles. The molecule has 1 fully saturated rings. The van der Waals surface area contributed by atoms with E-state index in [1.165, 1.54) is 11.3 Å². The maximum absolute atomic E-state index is 11.5. The molecule has 12 heavy (non-hydrogen) atoms. The monoisotopic (exact) mass is 183 g/mol. The van der Waals surface area contributed by atoms with Gasteiger partial charge < -0.3 is 4.74 Å². The molecule has 0 spiro atoms. The summed E-state index contributed by atoms with van der Waals surface area (Å²) in [5.41, 5.74) is 0.736. The van der Waals surface area contributed by atoms with Crippen LogP contribution in [0.5, 0.6) is 0 Å². The van der Waals surface area contributed by atoms with Gasteiger partial charge in [0.05, 0.1) is 6.61 Å². The molecule has 1 aliphatic heterocycles. The maximum atomic E-state index is 11.5. The van der Waals surface area contributed by atoms with Gasteiger partial charge in [-0.1, -0.05) is 0 Å². The maximum Gasteiger partial charge on any atom is 0.207 e. The first-order valence-electron chi connectivity index (χ1n) is 3.79. The van der Waals surface area contributed by atoms with E-state index in [1.807, 2.05) is 16.8 Å². The van der Waals surface area contributed by atoms with E-state index in [4.69, 9.17) is 4.74 Å². The Kier molecular flexibility index (Phi) is 2.21. The van der Waals surface area contributed by atoms with Crippen LogP contribution in [-0.2, 0) is 4.74 Å². The summed E-state index contributed by atoms with van der Waals surface area (Å²) in [5.74, 6) is 0.0359. The topological polar surface area (TPSA) is 38.3 Å². The average Bonchev–Trinajstić information content (AvgIpc) is 2.77. The van der Waals surface area contributed by atoms with Gasteiger partial charge in [-0.05, 0) is 11.4 Å². The lowest BCUT2D eigenvalue weighted by molar-refractivity contribution is 0.0605. The molecule has 0 aromatic carbocycles. The van der Waals surface area contributed by atoms with Gasteiger partial charge in [-0.3, -0.25) is 10.1 Å². The quantitative estimate of drug-likeness (QED) is 0.692. The van der Waals surface area contributed by atoms with E-state index < -0.39 is 6.23 Å². The van der Waals surface area contributed by atoms with Crippen molar-refractivity contribution < 1.29 is 9.53 Å². The Labute approximate surface area is 74.4 Å². The molecule has 4 heteroatoms. The number of ether oxygens (including phenoxy) is 1. The van der Waals surface area contributed by atoms with E-state index in [-0.39, 0.29) is 5.78 Å². The Balaban J connectivity index is 2.09. The average molecular weight is 183 g/mol. The molecule has 2 rings (SSSR count). The third kappa shape index (κ3) is 1.41. The second-order valence-corrected chi connectivity index (χ2v) is 3.36. The van der Waals surface area contributed by atoms with Crippen LogP contribution in [0.15, 0.2) is 16.8 Å². The molecule has 64 valence electrons. The molecular formula is C8H9NO2S. The third-order valence-electron chi connectivity index (χ3n) is 1.76. The van der Waals surface area contributed by atoms with Gasteiger partial charge >= 0.3 is 0 Å². The van der Waals surface area contributed by atoms with Gasteiger partial charge in [-0.25, -0.2) is 0 Å². The lowest BCUT2D eigenvalue weighted by atomic mass is 10.2. The number of carbonyl (C=O) groups is 1. The Bertz CT molecular complexity index is 265. The summed E-state index contributed by atoms with van der Waals surface area (Å²) in [4.78, 5) is 11.5. The minimum absolute atomic E-state index is 0.0359. The summed E-state index contributed by atoms with van der Waals surface area (Å²) >= 11 is 1.52. The SMILES string of the molecule is O=C(c1ccsc1)C1NCCO1. The summed E-state index contributed by atoms with van der Waals surface area (Å²) in [5, 5.41) is 6.71. The zero-order valence-electron chi connectivity index (χ0n) is 6.45. The zero-order valence-corrected chi connectivity index (χ0v) is 7.26. The third-order valence-corrected chi connectivity index (χ3v) is 2.44. The summed E-state index contributed by atoms with van der Waals surface area (Å²) in [7, 11) is 0. The van der Waals surface area contributed by atoms with Gasteiger partial charge in [0.2, 0.25) is 5.78 Å². The first-order chi connectivity index (χ1) is 5.88. The Morgan fingerprint density at radius 2 is 2.67 bits per heavy atom. The smallest absolute Gasteiger partial charge is 0.207 e. The lowest BCUT2D eigenvalue weighted by Crippen LogP contribution is -2.31. The predicted octanol–water partition coefficient (Wildman–Crippen LogP) is 0.877. The van der Waals surface area contributed by atoms with Crippen LogP contribution in [0.2, 0.25) is 0 Å². The highest BCUT2D eigenvalue weighted by atomic mass is 32.1. The van der Waals surface area contributed by atoms with Crippen molar-refractivity contribution in [1.29, 1.82) is 0 Å². The van der Waals surface area contributed by atoms with Crippen LogP contribution in [-0.4, -0.2) is 25.2 Å². The number of nitrogens with one attached hydrogen (secondary N) is 1. The van der Waals surface area contributed by atoms with E-state index in [1.54, 1.807) is 0 Å². The molecule has 1 aliphatic rings. The minimum atomic E-state index is -0.417. The highest BCUT2D eigenvalue weighted by Crippen LogP contribution is 2.10. The number of carbonyl (C=O) groups excluding carboxylic acids is 1. The van der Waals surface area contributed by atoms with Gasteiger partial charge in [0, 0.05) is 17.5 Å². The van der Waals surface area contributed by atoms with Crippen LogP contribution >= 0.6 is 11.3 Å². The van der Waals surface area contributed by atoms with Crippen molar-refractivity contribution in [1.82, 2.24) is 5.32 Å². The van der Waals surface area contributed by atoms with Gasteiger partial charge in [-0.15, -0.1) is 0 Å². The van der Waals surface area contributed by atoms with E-state index in [2.05, 4.69) is 5.32 Å². The fourth-order valence-corrected chi connectivity index (χ4v) is 1.80. The molecule has 1 aromatic rings. The number of hydrogen-bond acceptors (Lipinski definition) is 4. The minimum Gasteiger partial charge on any atom is -0.354 e. The van der Waals surface area contributed by atoms with Crippen molar-refractivity contribution >= 4 is 17.1 Å². The molecule has 0 bridgehead atoms. The Morgan fingerprint density at radius 1 is 1.75 bits per heavy atom. The molecule has 0 amide bonds. The van der Waals surface area contributed by atoms with Crippen LogP contribution < -0.4 is 5.32 Å². The molecule has 2 heterocycles. The second kappa shape index (κ2) is 3.35. The van der Waals surface area contributed by atoms with E-state index in [0.29, 0.717) is 6.61 Å². The van der Waals surface area contributed by atoms with Crippen molar-refractivity contribution in [3.05, 3.63) is 22.4 Å². The number of hydrogen-bond donors (Lipinski definition) is 1. The number of rotatable bonds is 2. The van der Waals surface area contributed by atoms with Gasteiger partial charge in [0.1, 0.15) is 0 Å². The zero-order chi connectivity index (χ0) is 8.39. The van der Waals surface area contributed by atoms with Crippen molar-refractivity contribution in [3.8, 4) is 0 Å². The van der Waals surface area contributed by atoms with Crippen molar-refractivity contribution in [2.45, 2.75) is 6.23 Å². The van der Waals surface area contributed by atoms with Crippen molar-refractivity contribution in [3.63, 3.8) is 0 Å². The summed E-state index contributed by atoms with van der Waals surface area (Å²) in [6, 6.07) is 1.82. The van der Waals surface area contributed by atoms with Crippen molar-refractivity contribution in [2.24, 2.45) is 0 Å². The van der Waals surface area contributed by atoms with Gasteiger partial charge in [-0.2, -0.15) is 11.3 Å². The molecule has 1 unspecified atom stereocenters. The first-order valence-corrected chi connectivity index (χ1v) is 4.73. The molecule has 3 nitrogen and oxygen atoms in total. The first kappa shape index (κ1) is 7.91. The summed E-state index contributed by atoms with van der Waals surface area (Å²) in [6.45, 7) is 1.39. The fourth-order valence-electron chi connectivity index (χ4n) is 1.15. The standard InChI is InChI=1S/C8H9NO2S/c10-7(6-1-4-12-5-6)8-9-2-3-11-8/h1,4-5,8-9H,2-3H2. The van der Waals surface area contributed by atoms with Crippen LogP contribution in [0, 0.1) is 0 Å². The van der Waals surface area contributed by atoms with E-state index in [9.17, 15) is 4.79 Å². The summed E-state index contributed by atoms with van der Waals surface area (Å²) in [6.07, 6.45) is -0.417. The Hall–Kier alpha value is -0.710. The van der Waals surface area contributed by atoms with Crippen molar-refractivity contribution in [2.75, 3.05) is 13.2 Å². The van der Waals surface area contributed by atoms with Gasteiger partial charge in [0.15, 0.2) is 6.23 Å². The predicted molar refractivity (Wildman–Crippen MR) is 46.4 cm³/mol. The Morgan fingerprint density at radius 3 is 3.25 bits per heavy atom. The number of Topliss-reactive ketones (excluding diaryl/α,β-unsaturated/α-hetero) is 1. The summed E-state index contributed by atoms with van der Waals surface area (Å²) < 4.78 is 5.18. The highest BCUT2D eigenvalue weighted by Gasteiger charge is 2.23.